The first-order chi connectivity index (χ1) is 10.8. The van der Waals surface area contributed by atoms with E-state index in [1.807, 2.05) is 0 Å². The van der Waals surface area contributed by atoms with Gasteiger partial charge < -0.3 is 17.5 Å². The summed E-state index contributed by atoms with van der Waals surface area (Å²) in [5.74, 6) is 0. The Morgan fingerprint density at radius 1 is 0.923 bits per heavy atom. The van der Waals surface area contributed by atoms with Gasteiger partial charge in [-0.25, -0.2) is 0 Å². The van der Waals surface area contributed by atoms with Crippen LogP contribution in [0.5, 0.6) is 0 Å². The first-order valence-electron chi connectivity index (χ1n) is 8.53. The molecule has 0 aliphatic heterocycles. The molecule has 0 fully saturated rings. The second kappa shape index (κ2) is 12.2. The van der Waals surface area contributed by atoms with Crippen LogP contribution in [0, 0.1) is 7.43 Å². The van der Waals surface area contributed by atoms with E-state index in [9.17, 15) is 0 Å². The normalized spacial score (nSPS) is 11.8. The van der Waals surface area contributed by atoms with Gasteiger partial charge >= 0.3 is 17.1 Å². The molecule has 0 bridgehead atoms. The van der Waals surface area contributed by atoms with E-state index in [-0.39, 0.29) is 30.0 Å². The van der Waals surface area contributed by atoms with Crippen LogP contribution in [0.15, 0.2) is 18.2 Å². The zero-order valence-electron chi connectivity index (χ0n) is 18.4. The van der Waals surface area contributed by atoms with Crippen LogP contribution < -0.4 is 0 Å². The van der Waals surface area contributed by atoms with Gasteiger partial charge in [0.15, 0.2) is 0 Å². The van der Waals surface area contributed by atoms with Gasteiger partial charge in [0.2, 0.25) is 0 Å². The Morgan fingerprint density at radius 3 is 1.73 bits per heavy atom. The minimum atomic E-state index is -0.580. The molecule has 0 aliphatic rings. The quantitative estimate of drug-likeness (QED) is 0.250. The van der Waals surface area contributed by atoms with E-state index in [2.05, 4.69) is 87.3 Å². The molecule has 0 radical (unpaired) electrons. The number of hydrogen-bond acceptors (Lipinski definition) is 2. The zero-order chi connectivity index (χ0) is 19.2. The van der Waals surface area contributed by atoms with Crippen molar-refractivity contribution in [2.45, 2.75) is 90.9 Å². The Bertz CT molecular complexity index is 488. The van der Waals surface area contributed by atoms with Crippen LogP contribution in [0.2, 0.25) is 0 Å². The fourth-order valence-corrected chi connectivity index (χ4v) is 6.74. The number of nitrogens with zero attached hydrogens (tertiary/aromatic N) is 2. The monoisotopic (exact) mass is 421 g/mol. The average molecular weight is 421 g/mol. The molecule has 1 heterocycles. The molecule has 0 spiro atoms. The van der Waals surface area contributed by atoms with Crippen molar-refractivity contribution >= 4 is 14.7 Å². The van der Waals surface area contributed by atoms with Gasteiger partial charge in [0.1, 0.15) is 0 Å². The fourth-order valence-electron chi connectivity index (χ4n) is 2.87. The van der Waals surface area contributed by atoms with Gasteiger partial charge in [0, 0.05) is 13.6 Å². The van der Waals surface area contributed by atoms with Gasteiger partial charge in [-0.1, -0.05) is 26.8 Å². The molecular weight excluding hydrogens is 382 g/mol. The largest absolute Gasteiger partial charge is 3.00 e. The van der Waals surface area contributed by atoms with Gasteiger partial charge in [0.25, 0.3) is 0 Å². The molecule has 1 rings (SSSR count). The van der Waals surface area contributed by atoms with Gasteiger partial charge in [-0.2, -0.15) is 0 Å². The van der Waals surface area contributed by atoms with Crippen molar-refractivity contribution in [1.29, 1.82) is 0 Å². The van der Waals surface area contributed by atoms with E-state index in [1.54, 1.807) is 0 Å². The van der Waals surface area contributed by atoms with Gasteiger partial charge in [-0.05, 0) is 53.7 Å². The molecule has 0 unspecified atom stereocenters. The molecule has 0 aliphatic carbocycles. The summed E-state index contributed by atoms with van der Waals surface area (Å²) in [6.45, 7) is 24.7. The Hall–Kier alpha value is -0.271. The van der Waals surface area contributed by atoms with Crippen molar-refractivity contribution < 1.29 is 21.9 Å². The number of rotatable bonds is 4. The van der Waals surface area contributed by atoms with Gasteiger partial charge in [-0.15, -0.1) is 12.1 Å². The predicted octanol–water partition coefficient (Wildman–Crippen LogP) is 6.24. The van der Waals surface area contributed by atoms with Crippen molar-refractivity contribution in [3.63, 3.8) is 0 Å². The smallest absolute Gasteiger partial charge is 0.652 e. The van der Waals surface area contributed by atoms with E-state index in [1.165, 1.54) is 5.69 Å². The zero-order valence-corrected chi connectivity index (χ0v) is 20.6. The molecule has 5 heteroatoms. The number of hydrogen-bond donors (Lipinski definition) is 0. The van der Waals surface area contributed by atoms with Crippen molar-refractivity contribution in [1.82, 2.24) is 4.98 Å². The molecule has 0 amide bonds. The summed E-state index contributed by atoms with van der Waals surface area (Å²) in [4.78, 5) is 12.6. The standard InChI is InChI=1S/C19H34N2P.CHO.CH3.Mn/c1-17(2,3)20-13-15-11-10-12-16(21-15)14-22(18(4,5)6)19(7,8)9;1-2;;/h10-12H,13-14H2,1-9H3;1H;1H3;/q3*-1;+3/p+1. The number of carbonyl (C=O) groups excluding carboxylic acids is 1. The van der Waals surface area contributed by atoms with Crippen LogP contribution in [0.1, 0.15) is 73.7 Å². The van der Waals surface area contributed by atoms with E-state index in [4.69, 9.17) is 15.1 Å². The van der Waals surface area contributed by atoms with Crippen LogP contribution in [0.25, 0.3) is 5.32 Å². The Kier molecular flexibility index (Phi) is 14.3. The first-order valence-corrected chi connectivity index (χ1v) is 10.2. The Balaban J connectivity index is -0.00000127. The summed E-state index contributed by atoms with van der Waals surface area (Å²) in [6.07, 6.45) is 1.13. The molecule has 0 atom stereocenters. The second-order valence-electron chi connectivity index (χ2n) is 9.26. The Morgan fingerprint density at radius 2 is 1.35 bits per heavy atom. The summed E-state index contributed by atoms with van der Waals surface area (Å²) in [7, 11) is -0.580. The minimum Gasteiger partial charge on any atom is -0.652 e. The van der Waals surface area contributed by atoms with Crippen LogP contribution >= 0.6 is 7.92 Å². The maximum absolute atomic E-state index is 7.75. The molecule has 0 aromatic carbocycles. The van der Waals surface area contributed by atoms with Crippen molar-refractivity contribution in [3.8, 4) is 0 Å². The third-order valence-electron chi connectivity index (χ3n) is 3.75. The van der Waals surface area contributed by atoms with Crippen molar-refractivity contribution in [3.05, 3.63) is 42.3 Å². The molecule has 150 valence electrons. The molecule has 26 heavy (non-hydrogen) atoms. The van der Waals surface area contributed by atoms with E-state index in [0.29, 0.717) is 16.9 Å². The number of pyridine rings is 1. The minimum absolute atomic E-state index is 0. The third kappa shape index (κ3) is 12.2. The SMILES string of the molecule is CC(C)(C)[N-]Cc1cccc(C[PH+](C(C)(C)C)C(C)(C)C)n1.[CH-]=O.[CH3-].[Mn+3]. The van der Waals surface area contributed by atoms with Crippen LogP contribution in [0.4, 0.5) is 0 Å². The van der Waals surface area contributed by atoms with Crippen LogP contribution in [0.3, 0.4) is 0 Å². The summed E-state index contributed by atoms with van der Waals surface area (Å²) in [6, 6.07) is 6.42. The maximum atomic E-state index is 7.75. The molecule has 1 aromatic rings. The predicted molar refractivity (Wildman–Crippen MR) is 116 cm³/mol. The molecule has 0 saturated heterocycles. The summed E-state index contributed by atoms with van der Waals surface area (Å²) >= 11 is 0. The molecular formula is C21H39MnN2OP+. The summed E-state index contributed by atoms with van der Waals surface area (Å²) in [5.41, 5.74) is 2.33. The first kappa shape index (κ1) is 30.5. The maximum Gasteiger partial charge on any atom is 3.00 e. The van der Waals surface area contributed by atoms with E-state index >= 15 is 0 Å². The van der Waals surface area contributed by atoms with Crippen LogP contribution in [-0.4, -0.2) is 27.6 Å². The average Bonchev–Trinajstić information content (AvgIpc) is 2.42. The second-order valence-corrected chi connectivity index (χ2v) is 13.6. The number of aromatic nitrogens is 1. The molecule has 0 N–H and O–H groups in total. The fraction of sp³-hybridized carbons (Fsp3) is 0.667. The third-order valence-corrected chi connectivity index (χ3v) is 8.09. The van der Waals surface area contributed by atoms with E-state index in [0.717, 1.165) is 11.9 Å². The van der Waals surface area contributed by atoms with Crippen molar-refractivity contribution in [2.24, 2.45) is 0 Å². The van der Waals surface area contributed by atoms with E-state index < -0.39 is 7.92 Å². The van der Waals surface area contributed by atoms with Gasteiger partial charge in [0.05, 0.1) is 22.2 Å². The Labute approximate surface area is 174 Å². The topological polar surface area (TPSA) is 44.1 Å². The van der Waals surface area contributed by atoms with Crippen LogP contribution in [-0.2, 0) is 34.6 Å². The van der Waals surface area contributed by atoms with Gasteiger partial charge in [-0.3, -0.25) is 11.8 Å². The summed E-state index contributed by atoms with van der Waals surface area (Å²) < 4.78 is 0. The van der Waals surface area contributed by atoms with Crippen molar-refractivity contribution in [2.75, 3.05) is 0 Å². The molecule has 0 saturated carbocycles. The molecule has 1 aromatic heterocycles. The molecule has 3 nitrogen and oxygen atoms in total. The summed E-state index contributed by atoms with van der Waals surface area (Å²) in [5, 5.41) is 5.43.